The van der Waals surface area contributed by atoms with Gasteiger partial charge in [-0.3, -0.25) is 28.8 Å². The van der Waals surface area contributed by atoms with Crippen molar-refractivity contribution in [1.29, 1.82) is 0 Å². The quantitative estimate of drug-likeness (QED) is 0.0933. The van der Waals surface area contributed by atoms with Crippen LogP contribution in [0.3, 0.4) is 0 Å². The van der Waals surface area contributed by atoms with E-state index in [4.69, 9.17) is 59.3 Å². The molecule has 1 saturated heterocycles. The maximum atomic E-state index is 10.4. The van der Waals surface area contributed by atoms with Gasteiger partial charge in [0.15, 0.2) is 0 Å². The lowest BCUT2D eigenvalue weighted by molar-refractivity contribution is -0.140. The molecule has 4 rings (SSSR count). The predicted molar refractivity (Wildman–Crippen MR) is 216 cm³/mol. The maximum absolute atomic E-state index is 10.4. The highest BCUT2D eigenvalue weighted by molar-refractivity contribution is 5.75. The summed E-state index contributed by atoms with van der Waals surface area (Å²) in [4.78, 5) is 74.2. The van der Waals surface area contributed by atoms with Gasteiger partial charge in [0.25, 0.3) is 0 Å². The van der Waals surface area contributed by atoms with Crippen molar-refractivity contribution in [2.45, 2.75) is 102 Å². The second-order valence-electron chi connectivity index (χ2n) is 13.8. The molecule has 0 radical (unpaired) electrons. The van der Waals surface area contributed by atoms with Gasteiger partial charge >= 0.3 is 35.8 Å². The number of nitrogens with one attached hydrogen (secondary N) is 3. The van der Waals surface area contributed by atoms with E-state index in [-0.39, 0.29) is 24.8 Å². The molecular formula is C37H62N10O12. The standard InChI is InChI=1S/C9H11NO2.2C6H9N3O2.C6H13NO2.C5H9NO2.C5H11NO2/c10-8(9(11)12)6-7-4-2-1-3-5-7;2*7-5(6(10)11)1-4-2-8-3-9-4;1-4(2)3-5(7)6(8)9;7-5(8)4-2-1-3-6-4;1-3(2)4(6)5(7)8/h1-5,8H,6,10H2,(H,11,12);2*2-3,5H,1,7H2,(H,8,9)(H,10,11);4-5H,3,7H2,1-2H3,(H,8,9);4,6H,1-3H2,(H,7,8);3-4H,6H2,1-2H3,(H,7,8)/t8-;3*5-;2*4-/m000000/s1. The van der Waals surface area contributed by atoms with Crippen LogP contribution in [0.2, 0.25) is 0 Å². The Bertz CT molecular complexity index is 1540. The number of aliphatic carboxylic acids is 6. The minimum absolute atomic E-state index is 0.0208. The third-order valence-electron chi connectivity index (χ3n) is 7.64. The summed E-state index contributed by atoms with van der Waals surface area (Å²) in [5.41, 5.74) is 28.7. The van der Waals surface area contributed by atoms with Crippen molar-refractivity contribution in [3.05, 3.63) is 72.3 Å². The van der Waals surface area contributed by atoms with Crippen LogP contribution in [0, 0.1) is 11.8 Å². The van der Waals surface area contributed by atoms with Crippen LogP contribution in [-0.4, -0.2) is 129 Å². The van der Waals surface area contributed by atoms with Gasteiger partial charge in [-0.25, -0.2) is 9.97 Å². The SMILES string of the molecule is CC(C)C[C@H](N)C(=O)O.CC(C)[C@H](N)C(=O)O.N[C@@H](Cc1ccccc1)C(=O)O.N[C@@H](Cc1cnc[nH]1)C(=O)O.N[C@@H](Cc1cnc[nH]1)C(=O)O.O=C(O)[C@@H]1CCCN1. The minimum Gasteiger partial charge on any atom is -0.480 e. The van der Waals surface area contributed by atoms with Crippen molar-refractivity contribution in [2.24, 2.45) is 40.5 Å². The average molecular weight is 839 g/mol. The fourth-order valence-electron chi connectivity index (χ4n) is 4.19. The zero-order valence-corrected chi connectivity index (χ0v) is 33.7. The van der Waals surface area contributed by atoms with Gasteiger partial charge in [-0.15, -0.1) is 0 Å². The van der Waals surface area contributed by atoms with Crippen LogP contribution in [0.25, 0.3) is 0 Å². The molecule has 2 aromatic heterocycles. The lowest BCUT2D eigenvalue weighted by atomic mass is 10.1. The molecule has 3 heterocycles. The van der Waals surface area contributed by atoms with E-state index in [9.17, 15) is 28.8 Å². The molecule has 22 heteroatoms. The number of nitrogens with zero attached hydrogens (tertiary/aromatic N) is 2. The molecule has 0 saturated carbocycles. The monoisotopic (exact) mass is 838 g/mol. The Kier molecular flexibility index (Phi) is 29.3. The number of benzene rings is 1. The molecular weight excluding hydrogens is 776 g/mol. The second kappa shape index (κ2) is 31.2. The molecule has 6 atom stereocenters. The van der Waals surface area contributed by atoms with E-state index in [0.29, 0.717) is 18.8 Å². The molecule has 0 amide bonds. The van der Waals surface area contributed by atoms with E-state index in [2.05, 4.69) is 25.3 Å². The smallest absolute Gasteiger partial charge is 0.320 e. The van der Waals surface area contributed by atoms with Gasteiger partial charge in [0, 0.05) is 36.6 Å². The second-order valence-corrected chi connectivity index (χ2v) is 13.8. The summed E-state index contributed by atoms with van der Waals surface area (Å²) in [6.07, 6.45) is 9.39. The topological polar surface area (TPSA) is 423 Å². The highest BCUT2D eigenvalue weighted by atomic mass is 16.4. The number of imidazole rings is 2. The molecule has 22 nitrogen and oxygen atoms in total. The molecule has 1 fully saturated rings. The van der Waals surface area contributed by atoms with Gasteiger partial charge in [0.05, 0.1) is 12.7 Å². The fraction of sp³-hybridized carbons (Fsp3) is 0.514. The lowest BCUT2D eigenvalue weighted by Crippen LogP contribution is -2.34. The number of carbonyl (C=O) groups is 6. The first-order valence-corrected chi connectivity index (χ1v) is 18.4. The van der Waals surface area contributed by atoms with Crippen molar-refractivity contribution in [2.75, 3.05) is 6.54 Å². The first kappa shape index (κ1) is 55.3. The first-order chi connectivity index (χ1) is 27.5. The van der Waals surface area contributed by atoms with Crippen LogP contribution in [-0.2, 0) is 48.0 Å². The molecule has 0 unspecified atom stereocenters. The first-order valence-electron chi connectivity index (χ1n) is 18.4. The van der Waals surface area contributed by atoms with Crippen molar-refractivity contribution >= 4 is 35.8 Å². The number of hydrogen-bond acceptors (Lipinski definition) is 14. The summed E-state index contributed by atoms with van der Waals surface area (Å²) in [6, 6.07) is 5.17. The van der Waals surface area contributed by atoms with Crippen molar-refractivity contribution in [1.82, 2.24) is 25.3 Å². The Labute approximate surface area is 342 Å². The molecule has 59 heavy (non-hydrogen) atoms. The number of rotatable bonds is 15. The van der Waals surface area contributed by atoms with Gasteiger partial charge in [-0.05, 0) is 49.6 Å². The molecule has 0 spiro atoms. The van der Waals surface area contributed by atoms with Crippen LogP contribution in [0.5, 0.6) is 0 Å². The Morgan fingerprint density at radius 3 is 1.31 bits per heavy atom. The van der Waals surface area contributed by atoms with Crippen LogP contribution in [0.15, 0.2) is 55.4 Å². The van der Waals surface area contributed by atoms with Crippen molar-refractivity contribution < 1.29 is 59.4 Å². The molecule has 332 valence electrons. The van der Waals surface area contributed by atoms with E-state index >= 15 is 0 Å². The fourth-order valence-corrected chi connectivity index (χ4v) is 4.19. The number of H-pyrrole nitrogens is 2. The molecule has 1 aliphatic rings. The maximum Gasteiger partial charge on any atom is 0.320 e. The summed E-state index contributed by atoms with van der Waals surface area (Å²) < 4.78 is 0. The highest BCUT2D eigenvalue weighted by Crippen LogP contribution is 2.04. The number of aromatic nitrogens is 4. The summed E-state index contributed by atoms with van der Waals surface area (Å²) in [5.74, 6) is -5.15. The van der Waals surface area contributed by atoms with Crippen LogP contribution in [0.4, 0.5) is 0 Å². The van der Waals surface area contributed by atoms with Gasteiger partial charge in [-0.1, -0.05) is 58.0 Å². The Morgan fingerprint density at radius 2 is 1.07 bits per heavy atom. The summed E-state index contributed by atoms with van der Waals surface area (Å²) in [5, 5.41) is 53.1. The normalized spacial score (nSPS) is 15.1. The zero-order valence-electron chi connectivity index (χ0n) is 33.7. The molecule has 0 aliphatic carbocycles. The number of carboxylic acids is 6. The number of nitrogens with two attached hydrogens (primary N) is 5. The Balaban J connectivity index is 0. The molecule has 0 bridgehead atoms. The molecule has 3 aromatic rings. The predicted octanol–water partition coefficient (Wildman–Crippen LogP) is -0.309. The van der Waals surface area contributed by atoms with E-state index in [1.54, 1.807) is 26.2 Å². The van der Waals surface area contributed by atoms with Crippen LogP contribution < -0.4 is 34.0 Å². The Morgan fingerprint density at radius 1 is 0.644 bits per heavy atom. The van der Waals surface area contributed by atoms with E-state index < -0.39 is 66.0 Å². The third-order valence-corrected chi connectivity index (χ3v) is 7.64. The highest BCUT2D eigenvalue weighted by Gasteiger charge is 2.20. The van der Waals surface area contributed by atoms with E-state index in [0.717, 1.165) is 36.3 Å². The van der Waals surface area contributed by atoms with E-state index in [1.807, 2.05) is 44.2 Å². The number of carboxylic acid groups (broad SMARTS) is 6. The summed E-state index contributed by atoms with van der Waals surface area (Å²) >= 11 is 0. The van der Waals surface area contributed by atoms with Crippen LogP contribution >= 0.6 is 0 Å². The van der Waals surface area contributed by atoms with Gasteiger partial charge < -0.3 is 74.6 Å². The molecule has 1 aliphatic heterocycles. The van der Waals surface area contributed by atoms with Gasteiger partial charge in [0.1, 0.15) is 36.3 Å². The Hall–Kier alpha value is -5.78. The average Bonchev–Trinajstić information content (AvgIpc) is 3.98. The summed E-state index contributed by atoms with van der Waals surface area (Å²) in [6.45, 7) is 8.31. The lowest BCUT2D eigenvalue weighted by Gasteiger charge is -2.07. The minimum atomic E-state index is -1.00. The largest absolute Gasteiger partial charge is 0.480 e. The molecule has 1 aromatic carbocycles. The van der Waals surface area contributed by atoms with E-state index in [1.165, 1.54) is 12.7 Å². The zero-order chi connectivity index (χ0) is 45.7. The van der Waals surface area contributed by atoms with Crippen molar-refractivity contribution in [3.63, 3.8) is 0 Å². The summed E-state index contributed by atoms with van der Waals surface area (Å²) in [7, 11) is 0. The van der Waals surface area contributed by atoms with Gasteiger partial charge in [0.2, 0.25) is 0 Å². The number of aromatic amines is 2. The number of hydrogen-bond donors (Lipinski definition) is 14. The van der Waals surface area contributed by atoms with Gasteiger partial charge in [-0.2, -0.15) is 0 Å². The third kappa shape index (κ3) is 29.1. The molecule has 19 N–H and O–H groups in total. The van der Waals surface area contributed by atoms with Crippen molar-refractivity contribution in [3.8, 4) is 0 Å². The van der Waals surface area contributed by atoms with Crippen LogP contribution in [0.1, 0.15) is 63.9 Å².